The van der Waals surface area contributed by atoms with Crippen molar-refractivity contribution in [3.63, 3.8) is 0 Å². The number of hydrogen-bond donors (Lipinski definition) is 2. The molecule has 0 spiro atoms. The number of anilines is 2. The number of hydrogen-bond acceptors (Lipinski definition) is 4. The molecule has 5 nitrogen and oxygen atoms in total. The Labute approximate surface area is 69.2 Å². The number of fused-ring (bicyclic) bond motifs is 1. The molecule has 0 aliphatic heterocycles. The third-order valence-electron chi connectivity index (χ3n) is 1.69. The van der Waals surface area contributed by atoms with E-state index in [0.717, 1.165) is 11.5 Å². The van der Waals surface area contributed by atoms with Crippen molar-refractivity contribution in [3.05, 3.63) is 18.6 Å². The quantitative estimate of drug-likeness (QED) is 0.636. The van der Waals surface area contributed by atoms with Crippen molar-refractivity contribution < 1.29 is 0 Å². The van der Waals surface area contributed by atoms with Crippen LogP contribution in [0.3, 0.4) is 0 Å². The highest BCUT2D eigenvalue weighted by atomic mass is 15.2. The Bertz CT molecular complexity index is 405. The van der Waals surface area contributed by atoms with Crippen LogP contribution >= 0.6 is 0 Å². The molecule has 0 atom stereocenters. The summed E-state index contributed by atoms with van der Waals surface area (Å²) in [5, 5.41) is 2.97. The molecule has 0 saturated carbocycles. The van der Waals surface area contributed by atoms with Crippen LogP contribution < -0.4 is 11.1 Å². The van der Waals surface area contributed by atoms with E-state index in [9.17, 15) is 0 Å². The van der Waals surface area contributed by atoms with Gasteiger partial charge in [0.25, 0.3) is 0 Å². The van der Waals surface area contributed by atoms with E-state index in [0.29, 0.717) is 5.82 Å². The predicted octanol–water partition coefficient (Wildman–Crippen LogP) is 0.353. The SMILES string of the molecule is CNc1c(N)nc2cnccn12. The van der Waals surface area contributed by atoms with Gasteiger partial charge in [0.05, 0.1) is 6.20 Å². The monoisotopic (exact) mass is 163 g/mol. The average molecular weight is 163 g/mol. The van der Waals surface area contributed by atoms with E-state index in [1.54, 1.807) is 19.4 Å². The van der Waals surface area contributed by atoms with Gasteiger partial charge in [0.2, 0.25) is 0 Å². The van der Waals surface area contributed by atoms with Gasteiger partial charge in [-0.1, -0.05) is 0 Å². The van der Waals surface area contributed by atoms with Crippen LogP contribution in [0.4, 0.5) is 11.6 Å². The first-order valence-electron chi connectivity index (χ1n) is 3.58. The summed E-state index contributed by atoms with van der Waals surface area (Å²) in [7, 11) is 1.81. The highest BCUT2D eigenvalue weighted by molar-refractivity contribution is 5.64. The Hall–Kier alpha value is -1.78. The molecule has 0 aliphatic carbocycles. The van der Waals surface area contributed by atoms with Crippen LogP contribution in [-0.4, -0.2) is 21.4 Å². The highest BCUT2D eigenvalue weighted by Gasteiger charge is 2.05. The van der Waals surface area contributed by atoms with Gasteiger partial charge in [-0.05, 0) is 0 Å². The minimum atomic E-state index is 0.491. The van der Waals surface area contributed by atoms with Crippen molar-refractivity contribution in [2.45, 2.75) is 0 Å². The second-order valence-electron chi connectivity index (χ2n) is 2.40. The molecular weight excluding hydrogens is 154 g/mol. The smallest absolute Gasteiger partial charge is 0.167 e. The molecule has 0 radical (unpaired) electrons. The second kappa shape index (κ2) is 2.37. The van der Waals surface area contributed by atoms with E-state index in [1.807, 2.05) is 10.6 Å². The molecule has 2 rings (SSSR count). The number of nitrogen functional groups attached to an aromatic ring is 1. The molecule has 0 amide bonds. The Kier molecular flexibility index (Phi) is 1.36. The van der Waals surface area contributed by atoms with Crippen molar-refractivity contribution in [2.24, 2.45) is 0 Å². The van der Waals surface area contributed by atoms with Crippen molar-refractivity contribution >= 4 is 17.3 Å². The van der Waals surface area contributed by atoms with Gasteiger partial charge in [-0.2, -0.15) is 0 Å². The minimum Gasteiger partial charge on any atom is -0.381 e. The molecule has 2 aromatic heterocycles. The van der Waals surface area contributed by atoms with Crippen molar-refractivity contribution in [2.75, 3.05) is 18.1 Å². The molecule has 2 aromatic rings. The zero-order valence-electron chi connectivity index (χ0n) is 6.65. The van der Waals surface area contributed by atoms with Crippen LogP contribution in [0.1, 0.15) is 0 Å². The third-order valence-corrected chi connectivity index (χ3v) is 1.69. The molecule has 12 heavy (non-hydrogen) atoms. The Balaban J connectivity index is 2.81. The fourth-order valence-corrected chi connectivity index (χ4v) is 1.17. The Morgan fingerprint density at radius 2 is 2.42 bits per heavy atom. The van der Waals surface area contributed by atoms with Gasteiger partial charge in [0.15, 0.2) is 17.3 Å². The lowest BCUT2D eigenvalue weighted by atomic mass is 10.6. The number of nitrogens with zero attached hydrogens (tertiary/aromatic N) is 3. The molecule has 0 bridgehead atoms. The van der Waals surface area contributed by atoms with Gasteiger partial charge in [-0.15, -0.1) is 0 Å². The number of rotatable bonds is 1. The van der Waals surface area contributed by atoms with E-state index in [4.69, 9.17) is 5.73 Å². The van der Waals surface area contributed by atoms with Gasteiger partial charge in [0.1, 0.15) is 0 Å². The molecular formula is C7H9N5. The maximum Gasteiger partial charge on any atom is 0.167 e. The molecule has 0 aliphatic rings. The zero-order chi connectivity index (χ0) is 8.55. The summed E-state index contributed by atoms with van der Waals surface area (Å²) >= 11 is 0. The van der Waals surface area contributed by atoms with E-state index in [1.165, 1.54) is 0 Å². The predicted molar refractivity (Wildman–Crippen MR) is 46.9 cm³/mol. The van der Waals surface area contributed by atoms with Crippen molar-refractivity contribution in [3.8, 4) is 0 Å². The molecule has 0 aromatic carbocycles. The van der Waals surface area contributed by atoms with Crippen LogP contribution in [-0.2, 0) is 0 Å². The normalized spacial score (nSPS) is 10.4. The molecule has 0 fully saturated rings. The van der Waals surface area contributed by atoms with Crippen LogP contribution in [0.25, 0.3) is 5.65 Å². The summed E-state index contributed by atoms with van der Waals surface area (Å²) in [6, 6.07) is 0. The summed E-state index contributed by atoms with van der Waals surface area (Å²) in [6.45, 7) is 0. The summed E-state index contributed by atoms with van der Waals surface area (Å²) < 4.78 is 1.85. The maximum atomic E-state index is 5.64. The molecule has 2 heterocycles. The fourth-order valence-electron chi connectivity index (χ4n) is 1.17. The van der Waals surface area contributed by atoms with E-state index in [2.05, 4.69) is 15.3 Å². The lowest BCUT2D eigenvalue weighted by Crippen LogP contribution is -1.97. The lowest BCUT2D eigenvalue weighted by Gasteiger charge is -1.98. The van der Waals surface area contributed by atoms with Crippen molar-refractivity contribution in [1.82, 2.24) is 14.4 Å². The van der Waals surface area contributed by atoms with Crippen molar-refractivity contribution in [1.29, 1.82) is 0 Å². The summed E-state index contributed by atoms with van der Waals surface area (Å²) in [5.41, 5.74) is 6.39. The minimum absolute atomic E-state index is 0.491. The van der Waals surface area contributed by atoms with Crippen LogP contribution in [0.15, 0.2) is 18.6 Å². The number of aromatic nitrogens is 3. The Morgan fingerprint density at radius 3 is 3.17 bits per heavy atom. The summed E-state index contributed by atoms with van der Waals surface area (Å²) in [5.74, 6) is 1.29. The summed E-state index contributed by atoms with van der Waals surface area (Å²) in [4.78, 5) is 8.03. The van der Waals surface area contributed by atoms with Gasteiger partial charge >= 0.3 is 0 Å². The highest BCUT2D eigenvalue weighted by Crippen LogP contribution is 2.17. The van der Waals surface area contributed by atoms with Gasteiger partial charge < -0.3 is 11.1 Å². The van der Waals surface area contributed by atoms with E-state index in [-0.39, 0.29) is 0 Å². The largest absolute Gasteiger partial charge is 0.381 e. The molecule has 3 N–H and O–H groups in total. The average Bonchev–Trinajstić information content (AvgIpc) is 2.40. The number of nitrogens with two attached hydrogens (primary N) is 1. The first-order chi connectivity index (χ1) is 5.83. The number of nitrogens with one attached hydrogen (secondary N) is 1. The topological polar surface area (TPSA) is 68.2 Å². The van der Waals surface area contributed by atoms with Crippen LogP contribution in [0.5, 0.6) is 0 Å². The zero-order valence-corrected chi connectivity index (χ0v) is 6.65. The molecule has 0 saturated heterocycles. The first-order valence-corrected chi connectivity index (χ1v) is 3.58. The van der Waals surface area contributed by atoms with E-state index < -0.39 is 0 Å². The van der Waals surface area contributed by atoms with Crippen LogP contribution in [0, 0.1) is 0 Å². The van der Waals surface area contributed by atoms with Gasteiger partial charge in [0, 0.05) is 19.4 Å². The fraction of sp³-hybridized carbons (Fsp3) is 0.143. The Morgan fingerprint density at radius 1 is 1.58 bits per heavy atom. The third kappa shape index (κ3) is 0.795. The standard InChI is InChI=1S/C7H9N5/c1-9-7-6(8)11-5-4-10-2-3-12(5)7/h2-4,9H,8H2,1H3. The van der Waals surface area contributed by atoms with Gasteiger partial charge in [-0.25, -0.2) is 4.98 Å². The number of imidazole rings is 1. The molecule has 5 heteroatoms. The van der Waals surface area contributed by atoms with Gasteiger partial charge in [-0.3, -0.25) is 9.38 Å². The lowest BCUT2D eigenvalue weighted by molar-refractivity contribution is 1.12. The molecule has 62 valence electrons. The molecule has 0 unspecified atom stereocenters. The first kappa shape index (κ1) is 6.90. The van der Waals surface area contributed by atoms with Crippen LogP contribution in [0.2, 0.25) is 0 Å². The van der Waals surface area contributed by atoms with E-state index >= 15 is 0 Å². The maximum absolute atomic E-state index is 5.64. The summed E-state index contributed by atoms with van der Waals surface area (Å²) in [6.07, 6.45) is 5.16. The second-order valence-corrected chi connectivity index (χ2v) is 2.40.